The zero-order valence-electron chi connectivity index (χ0n) is 17.2. The van der Waals surface area contributed by atoms with Crippen molar-refractivity contribution in [3.8, 4) is 0 Å². The molecule has 0 saturated heterocycles. The van der Waals surface area contributed by atoms with Gasteiger partial charge in [0, 0.05) is 18.7 Å². The van der Waals surface area contributed by atoms with Gasteiger partial charge in [0.1, 0.15) is 12.1 Å². The summed E-state index contributed by atoms with van der Waals surface area (Å²) in [5.74, 6) is 0.719. The number of unbranched alkanes of at least 4 members (excludes halogenated alkanes) is 2. The average Bonchev–Trinajstić information content (AvgIpc) is 3.17. The predicted octanol–water partition coefficient (Wildman–Crippen LogP) is 4.31. The van der Waals surface area contributed by atoms with Crippen LogP contribution in [0.3, 0.4) is 0 Å². The molecule has 7 heteroatoms. The van der Waals surface area contributed by atoms with E-state index in [4.69, 9.17) is 4.74 Å². The monoisotopic (exact) mass is 412 g/mol. The van der Waals surface area contributed by atoms with Crippen LogP contribution >= 0.6 is 11.8 Å². The molecule has 2 fully saturated rings. The number of carbonyl (C=O) groups is 3. The standard InChI is InChI=1S/C21H36N2O4S/c1-16(24)28-15-9-3-6-14-19(20(25)22-17-10-7-8-11-17)23-21(26)27-18-12-4-2-5-13-18/h17-19H,2-15H2,1H3,(H,22,25)(H,23,26)/t19-/m0/s1. The highest BCUT2D eigenvalue weighted by molar-refractivity contribution is 8.13. The van der Waals surface area contributed by atoms with Crippen molar-refractivity contribution in [3.05, 3.63) is 0 Å². The van der Waals surface area contributed by atoms with Crippen LogP contribution in [0.4, 0.5) is 4.79 Å². The summed E-state index contributed by atoms with van der Waals surface area (Å²) in [7, 11) is 0. The van der Waals surface area contributed by atoms with Gasteiger partial charge < -0.3 is 15.4 Å². The fourth-order valence-electron chi connectivity index (χ4n) is 3.99. The van der Waals surface area contributed by atoms with Gasteiger partial charge in [-0.1, -0.05) is 43.9 Å². The summed E-state index contributed by atoms with van der Waals surface area (Å²) < 4.78 is 5.54. The Balaban J connectivity index is 1.77. The predicted molar refractivity (Wildman–Crippen MR) is 112 cm³/mol. The second-order valence-electron chi connectivity index (χ2n) is 8.04. The number of amides is 2. The first-order chi connectivity index (χ1) is 13.5. The molecular formula is C21H36N2O4S. The van der Waals surface area contributed by atoms with Crippen LogP contribution in [0.5, 0.6) is 0 Å². The van der Waals surface area contributed by atoms with Gasteiger partial charge in [-0.15, -0.1) is 0 Å². The van der Waals surface area contributed by atoms with Gasteiger partial charge >= 0.3 is 6.09 Å². The van der Waals surface area contributed by atoms with Crippen LogP contribution in [0.15, 0.2) is 0 Å². The second-order valence-corrected chi connectivity index (χ2v) is 9.31. The average molecular weight is 413 g/mol. The Bertz CT molecular complexity index is 503. The van der Waals surface area contributed by atoms with Crippen LogP contribution < -0.4 is 10.6 Å². The van der Waals surface area contributed by atoms with E-state index in [1.54, 1.807) is 6.92 Å². The minimum atomic E-state index is -0.544. The van der Waals surface area contributed by atoms with Crippen LogP contribution in [0.25, 0.3) is 0 Å². The summed E-state index contributed by atoms with van der Waals surface area (Å²) in [4.78, 5) is 36.0. The zero-order chi connectivity index (χ0) is 20.2. The van der Waals surface area contributed by atoms with Gasteiger partial charge in [0.05, 0.1) is 0 Å². The summed E-state index contributed by atoms with van der Waals surface area (Å²) in [6.45, 7) is 1.58. The molecule has 0 aromatic carbocycles. The molecule has 0 unspecified atom stereocenters. The second kappa shape index (κ2) is 13.1. The number of carbonyl (C=O) groups excluding carboxylic acids is 3. The molecule has 2 aliphatic rings. The third-order valence-electron chi connectivity index (χ3n) is 5.58. The molecule has 2 saturated carbocycles. The molecule has 1 atom stereocenters. The van der Waals surface area contributed by atoms with Gasteiger partial charge in [0.25, 0.3) is 0 Å². The molecular weight excluding hydrogens is 376 g/mol. The SMILES string of the molecule is CC(=O)SCCCCC[C@H](NC(=O)OC1CCCCC1)C(=O)NC1CCCC1. The van der Waals surface area contributed by atoms with Gasteiger partial charge in [-0.05, 0) is 51.4 Å². The van der Waals surface area contributed by atoms with E-state index in [1.807, 2.05) is 0 Å². The molecule has 0 spiro atoms. The Hall–Kier alpha value is -1.24. The molecule has 6 nitrogen and oxygen atoms in total. The molecule has 0 aromatic heterocycles. The van der Waals surface area contributed by atoms with Crippen molar-refractivity contribution < 1.29 is 19.1 Å². The van der Waals surface area contributed by atoms with Gasteiger partial charge in [0.2, 0.25) is 5.91 Å². The Kier molecular flexibility index (Phi) is 10.8. The van der Waals surface area contributed by atoms with Crippen LogP contribution in [0.2, 0.25) is 0 Å². The fourth-order valence-corrected chi connectivity index (χ4v) is 4.63. The number of alkyl carbamates (subject to hydrolysis) is 1. The lowest BCUT2D eigenvalue weighted by atomic mass is 9.98. The largest absolute Gasteiger partial charge is 0.446 e. The van der Waals surface area contributed by atoms with E-state index in [0.29, 0.717) is 6.42 Å². The highest BCUT2D eigenvalue weighted by Gasteiger charge is 2.26. The van der Waals surface area contributed by atoms with Crippen molar-refractivity contribution in [2.75, 3.05) is 5.75 Å². The molecule has 0 aliphatic heterocycles. The third-order valence-corrected chi connectivity index (χ3v) is 6.48. The maximum atomic E-state index is 12.7. The van der Waals surface area contributed by atoms with Crippen molar-refractivity contribution in [1.29, 1.82) is 0 Å². The maximum Gasteiger partial charge on any atom is 0.408 e. The lowest BCUT2D eigenvalue weighted by Gasteiger charge is -2.25. The Morgan fingerprint density at radius 1 is 0.964 bits per heavy atom. The molecule has 160 valence electrons. The maximum absolute atomic E-state index is 12.7. The summed E-state index contributed by atoms with van der Waals surface area (Å²) >= 11 is 1.34. The number of thioether (sulfide) groups is 1. The first kappa shape index (κ1) is 23.0. The first-order valence-electron chi connectivity index (χ1n) is 11.0. The normalized spacial score (nSPS) is 19.2. The Morgan fingerprint density at radius 2 is 1.64 bits per heavy atom. The number of nitrogens with one attached hydrogen (secondary N) is 2. The quantitative estimate of drug-likeness (QED) is 0.522. The van der Waals surface area contributed by atoms with Crippen molar-refractivity contribution in [1.82, 2.24) is 10.6 Å². The lowest BCUT2D eigenvalue weighted by Crippen LogP contribution is -2.49. The fraction of sp³-hybridized carbons (Fsp3) is 0.857. The third kappa shape index (κ3) is 9.30. The van der Waals surface area contributed by atoms with Crippen LogP contribution in [-0.4, -0.2) is 41.1 Å². The number of ether oxygens (including phenoxy) is 1. The first-order valence-corrected chi connectivity index (χ1v) is 11.9. The van der Waals surface area contributed by atoms with Gasteiger partial charge in [-0.3, -0.25) is 9.59 Å². The minimum absolute atomic E-state index is 0.0177. The molecule has 0 radical (unpaired) electrons. The topological polar surface area (TPSA) is 84.5 Å². The Labute approximate surface area is 173 Å². The number of rotatable bonds is 10. The van der Waals surface area contributed by atoms with Crippen LogP contribution in [-0.2, 0) is 14.3 Å². The molecule has 0 bridgehead atoms. The summed E-state index contributed by atoms with van der Waals surface area (Å²) in [6.07, 6.45) is 12.4. The van der Waals surface area contributed by atoms with Gasteiger partial charge in [0.15, 0.2) is 5.12 Å². The smallest absolute Gasteiger partial charge is 0.408 e. The van der Waals surface area contributed by atoms with Gasteiger partial charge in [-0.2, -0.15) is 0 Å². The zero-order valence-corrected chi connectivity index (χ0v) is 18.0. The molecule has 0 heterocycles. The van der Waals surface area contributed by atoms with Crippen molar-refractivity contribution in [2.45, 2.75) is 109 Å². The van der Waals surface area contributed by atoms with Crippen molar-refractivity contribution in [3.63, 3.8) is 0 Å². The molecule has 0 aromatic rings. The van der Waals surface area contributed by atoms with Gasteiger partial charge in [-0.25, -0.2) is 4.79 Å². The molecule has 28 heavy (non-hydrogen) atoms. The summed E-state index contributed by atoms with van der Waals surface area (Å²) in [6, 6.07) is -0.310. The van der Waals surface area contributed by atoms with E-state index in [0.717, 1.165) is 76.4 Å². The van der Waals surface area contributed by atoms with Crippen LogP contribution in [0, 0.1) is 0 Å². The lowest BCUT2D eigenvalue weighted by molar-refractivity contribution is -0.124. The van der Waals surface area contributed by atoms with E-state index in [2.05, 4.69) is 10.6 Å². The number of hydrogen-bond acceptors (Lipinski definition) is 5. The van der Waals surface area contributed by atoms with E-state index in [9.17, 15) is 14.4 Å². The van der Waals surface area contributed by atoms with E-state index in [-0.39, 0.29) is 23.2 Å². The van der Waals surface area contributed by atoms with Crippen molar-refractivity contribution in [2.24, 2.45) is 0 Å². The molecule has 2 rings (SSSR count). The van der Waals surface area contributed by atoms with Crippen LogP contribution in [0.1, 0.15) is 90.4 Å². The number of hydrogen-bond donors (Lipinski definition) is 2. The summed E-state index contributed by atoms with van der Waals surface area (Å²) in [5.41, 5.74) is 0. The summed E-state index contributed by atoms with van der Waals surface area (Å²) in [5, 5.41) is 6.05. The highest BCUT2D eigenvalue weighted by Crippen LogP contribution is 2.21. The Morgan fingerprint density at radius 3 is 2.32 bits per heavy atom. The molecule has 2 aliphatic carbocycles. The molecule has 2 N–H and O–H groups in total. The highest BCUT2D eigenvalue weighted by atomic mass is 32.2. The van der Waals surface area contributed by atoms with E-state index >= 15 is 0 Å². The van der Waals surface area contributed by atoms with E-state index < -0.39 is 12.1 Å². The van der Waals surface area contributed by atoms with Crippen molar-refractivity contribution >= 4 is 28.9 Å². The minimum Gasteiger partial charge on any atom is -0.446 e. The van der Waals surface area contributed by atoms with E-state index in [1.165, 1.54) is 18.2 Å². The molecule has 2 amide bonds.